The molecule has 3 nitrogen and oxygen atoms in total. The lowest BCUT2D eigenvalue weighted by Gasteiger charge is -2.19. The van der Waals surface area contributed by atoms with E-state index in [1.807, 2.05) is 0 Å². The van der Waals surface area contributed by atoms with Gasteiger partial charge in [0.15, 0.2) is 0 Å². The molecule has 1 heterocycles. The molecule has 18 heavy (non-hydrogen) atoms. The molecule has 1 aliphatic heterocycles. The van der Waals surface area contributed by atoms with E-state index in [1.165, 1.54) is 0 Å². The van der Waals surface area contributed by atoms with Crippen molar-refractivity contribution in [2.24, 2.45) is 0 Å². The Kier molecular flexibility index (Phi) is 4.07. The zero-order chi connectivity index (χ0) is 13.2. The number of aldehydes is 1. The molecule has 0 spiro atoms. The molecule has 0 aliphatic carbocycles. The Balaban J connectivity index is 1.93. The van der Waals surface area contributed by atoms with E-state index in [2.05, 4.69) is 29.8 Å². The number of halogens is 1. The molecule has 1 unspecified atom stereocenters. The molecule has 1 aromatic rings. The van der Waals surface area contributed by atoms with Crippen molar-refractivity contribution in [1.29, 1.82) is 0 Å². The molecule has 2 rings (SSSR count). The van der Waals surface area contributed by atoms with E-state index >= 15 is 0 Å². The highest BCUT2D eigenvalue weighted by Gasteiger charge is 2.31. The molecule has 1 aromatic carbocycles. The van der Waals surface area contributed by atoms with Crippen molar-refractivity contribution >= 4 is 22.2 Å². The van der Waals surface area contributed by atoms with Crippen molar-refractivity contribution in [2.45, 2.75) is 38.4 Å². The third kappa shape index (κ3) is 3.33. The second-order valence-corrected chi connectivity index (χ2v) is 6.01. The van der Waals surface area contributed by atoms with Gasteiger partial charge in [0.2, 0.25) is 0 Å². The van der Waals surface area contributed by atoms with Crippen molar-refractivity contribution in [2.75, 3.05) is 6.61 Å². The molecule has 0 amide bonds. The fraction of sp³-hybridized carbons (Fsp3) is 0.500. The van der Waals surface area contributed by atoms with Gasteiger partial charge in [0, 0.05) is 5.56 Å². The average Bonchev–Trinajstić information content (AvgIpc) is 2.67. The van der Waals surface area contributed by atoms with E-state index < -0.39 is 0 Å². The van der Waals surface area contributed by atoms with Crippen molar-refractivity contribution in [3.8, 4) is 5.75 Å². The Hall–Kier alpha value is -0.870. The Labute approximate surface area is 116 Å². The minimum absolute atomic E-state index is 0.0351. The summed E-state index contributed by atoms with van der Waals surface area (Å²) < 4.78 is 12.4. The topological polar surface area (TPSA) is 35.5 Å². The van der Waals surface area contributed by atoms with Gasteiger partial charge in [-0.25, -0.2) is 0 Å². The highest BCUT2D eigenvalue weighted by Crippen LogP contribution is 2.31. The molecule has 0 aromatic heterocycles. The summed E-state index contributed by atoms with van der Waals surface area (Å²) in [6, 6.07) is 5.29. The molecular formula is C14H17BrO3. The van der Waals surface area contributed by atoms with Crippen molar-refractivity contribution < 1.29 is 14.3 Å². The minimum Gasteiger partial charge on any atom is -0.490 e. The van der Waals surface area contributed by atoms with Gasteiger partial charge in [-0.2, -0.15) is 0 Å². The van der Waals surface area contributed by atoms with Crippen molar-refractivity contribution in [3.63, 3.8) is 0 Å². The standard InChI is InChI=1S/C14H17BrO3/c1-14(2)6-5-11(18-14)9-17-13-4-3-10(8-16)7-12(13)15/h3-4,7-8,11H,5-6,9H2,1-2H3. The van der Waals surface area contributed by atoms with Gasteiger partial charge < -0.3 is 9.47 Å². The number of rotatable bonds is 4. The van der Waals surface area contributed by atoms with Crippen LogP contribution < -0.4 is 4.74 Å². The van der Waals surface area contributed by atoms with Crippen LogP contribution in [0.2, 0.25) is 0 Å². The fourth-order valence-electron chi connectivity index (χ4n) is 2.09. The van der Waals surface area contributed by atoms with E-state index in [1.54, 1.807) is 18.2 Å². The molecule has 0 bridgehead atoms. The first-order chi connectivity index (χ1) is 8.50. The lowest BCUT2D eigenvalue weighted by atomic mass is 10.1. The maximum absolute atomic E-state index is 10.6. The van der Waals surface area contributed by atoms with Crippen LogP contribution in [0.4, 0.5) is 0 Å². The van der Waals surface area contributed by atoms with Gasteiger partial charge in [-0.1, -0.05) is 0 Å². The molecular weight excluding hydrogens is 296 g/mol. The van der Waals surface area contributed by atoms with Gasteiger partial charge in [-0.05, 0) is 60.8 Å². The number of carbonyl (C=O) groups is 1. The maximum atomic E-state index is 10.6. The van der Waals surface area contributed by atoms with E-state index in [0.29, 0.717) is 12.2 Å². The zero-order valence-electron chi connectivity index (χ0n) is 10.6. The second kappa shape index (κ2) is 5.41. The summed E-state index contributed by atoms with van der Waals surface area (Å²) >= 11 is 3.40. The Morgan fingerprint density at radius 3 is 2.89 bits per heavy atom. The number of carbonyl (C=O) groups excluding carboxylic acids is 1. The summed E-state index contributed by atoms with van der Waals surface area (Å²) in [5.74, 6) is 0.744. The minimum atomic E-state index is -0.0351. The molecule has 0 radical (unpaired) electrons. The smallest absolute Gasteiger partial charge is 0.150 e. The lowest BCUT2D eigenvalue weighted by molar-refractivity contribution is -0.0327. The summed E-state index contributed by atoms with van der Waals surface area (Å²) in [5, 5.41) is 0. The summed E-state index contributed by atoms with van der Waals surface area (Å²) in [6.07, 6.45) is 3.05. The van der Waals surface area contributed by atoms with Crippen LogP contribution in [-0.4, -0.2) is 24.6 Å². The highest BCUT2D eigenvalue weighted by atomic mass is 79.9. The first kappa shape index (κ1) is 13.6. The predicted molar refractivity (Wildman–Crippen MR) is 73.2 cm³/mol. The largest absolute Gasteiger partial charge is 0.490 e. The van der Waals surface area contributed by atoms with Crippen LogP contribution in [0.1, 0.15) is 37.0 Å². The van der Waals surface area contributed by atoms with E-state index in [-0.39, 0.29) is 11.7 Å². The predicted octanol–water partition coefficient (Wildman–Crippen LogP) is 3.60. The third-order valence-corrected chi connectivity index (χ3v) is 3.69. The number of hydrogen-bond acceptors (Lipinski definition) is 3. The normalized spacial score (nSPS) is 21.8. The molecule has 98 valence electrons. The fourth-order valence-corrected chi connectivity index (χ4v) is 2.60. The lowest BCUT2D eigenvalue weighted by Crippen LogP contribution is -2.23. The number of benzene rings is 1. The van der Waals surface area contributed by atoms with Crippen LogP contribution in [0.5, 0.6) is 5.75 Å². The highest BCUT2D eigenvalue weighted by molar-refractivity contribution is 9.10. The van der Waals surface area contributed by atoms with Crippen LogP contribution >= 0.6 is 15.9 Å². The zero-order valence-corrected chi connectivity index (χ0v) is 12.2. The van der Waals surface area contributed by atoms with Crippen LogP contribution in [-0.2, 0) is 4.74 Å². The van der Waals surface area contributed by atoms with Gasteiger partial charge in [0.25, 0.3) is 0 Å². The van der Waals surface area contributed by atoms with Crippen LogP contribution in [0.25, 0.3) is 0 Å². The summed E-state index contributed by atoms with van der Waals surface area (Å²) in [4.78, 5) is 10.6. The summed E-state index contributed by atoms with van der Waals surface area (Å²) in [6.45, 7) is 4.74. The van der Waals surface area contributed by atoms with Crippen LogP contribution in [0.3, 0.4) is 0 Å². The van der Waals surface area contributed by atoms with E-state index in [0.717, 1.165) is 29.4 Å². The second-order valence-electron chi connectivity index (χ2n) is 5.16. The van der Waals surface area contributed by atoms with Crippen molar-refractivity contribution in [1.82, 2.24) is 0 Å². The summed E-state index contributed by atoms with van der Waals surface area (Å²) in [5.41, 5.74) is 0.597. The monoisotopic (exact) mass is 312 g/mol. The summed E-state index contributed by atoms with van der Waals surface area (Å²) in [7, 11) is 0. The van der Waals surface area contributed by atoms with Crippen LogP contribution in [0.15, 0.2) is 22.7 Å². The van der Waals surface area contributed by atoms with Crippen molar-refractivity contribution in [3.05, 3.63) is 28.2 Å². The molecule has 1 atom stereocenters. The molecule has 0 saturated carbocycles. The van der Waals surface area contributed by atoms with Crippen LogP contribution in [0, 0.1) is 0 Å². The maximum Gasteiger partial charge on any atom is 0.150 e. The third-order valence-electron chi connectivity index (χ3n) is 3.07. The SMILES string of the molecule is CC1(C)CCC(COc2ccc(C=O)cc2Br)O1. The molecule has 4 heteroatoms. The van der Waals surface area contributed by atoms with Gasteiger partial charge in [-0.3, -0.25) is 4.79 Å². The molecule has 1 fully saturated rings. The van der Waals surface area contributed by atoms with Gasteiger partial charge in [0.05, 0.1) is 16.2 Å². The van der Waals surface area contributed by atoms with Gasteiger partial charge in [-0.15, -0.1) is 0 Å². The Morgan fingerprint density at radius 1 is 1.56 bits per heavy atom. The Morgan fingerprint density at radius 2 is 2.33 bits per heavy atom. The molecule has 1 saturated heterocycles. The quantitative estimate of drug-likeness (QED) is 0.797. The van der Waals surface area contributed by atoms with E-state index in [9.17, 15) is 4.79 Å². The molecule has 0 N–H and O–H groups in total. The van der Waals surface area contributed by atoms with E-state index in [4.69, 9.17) is 9.47 Å². The first-order valence-electron chi connectivity index (χ1n) is 6.05. The molecule has 1 aliphatic rings. The number of hydrogen-bond donors (Lipinski definition) is 0. The number of ether oxygens (including phenoxy) is 2. The van der Waals surface area contributed by atoms with Gasteiger partial charge >= 0.3 is 0 Å². The Bertz CT molecular complexity index is 443. The van der Waals surface area contributed by atoms with Gasteiger partial charge in [0.1, 0.15) is 18.6 Å². The average molecular weight is 313 g/mol. The first-order valence-corrected chi connectivity index (χ1v) is 6.85.